The monoisotopic (exact) mass is 224 g/mol. The molecule has 0 amide bonds. The molecule has 1 atom stereocenters. The largest absolute Gasteiger partial charge is 0.443 e. The summed E-state index contributed by atoms with van der Waals surface area (Å²) < 4.78 is 5.01. The third kappa shape index (κ3) is 6.88. The van der Waals surface area contributed by atoms with Gasteiger partial charge in [-0.1, -0.05) is 20.4 Å². The highest BCUT2D eigenvalue weighted by Gasteiger charge is 2.12. The fourth-order valence-corrected chi connectivity index (χ4v) is 1.03. The van der Waals surface area contributed by atoms with Gasteiger partial charge in [-0.25, -0.2) is 4.79 Å². The van der Waals surface area contributed by atoms with Crippen LogP contribution in [0.4, 0.5) is 0 Å². The molecule has 0 saturated heterocycles. The first kappa shape index (κ1) is 19.1. The van der Waals surface area contributed by atoms with Gasteiger partial charge < -0.3 is 10.9 Å². The number of nitrogens with zero attached hydrogens (tertiary/aromatic N) is 1. The molecule has 0 bridgehead atoms. The van der Waals surface area contributed by atoms with Crippen LogP contribution in [0.3, 0.4) is 0 Å². The van der Waals surface area contributed by atoms with Crippen molar-refractivity contribution in [3.05, 3.63) is 12.7 Å². The van der Waals surface area contributed by atoms with Crippen LogP contribution in [0.25, 0.3) is 0 Å². The fourth-order valence-electron chi connectivity index (χ4n) is 1.03. The molecule has 0 heterocycles. The lowest BCUT2D eigenvalue weighted by Crippen LogP contribution is -2.35. The highest BCUT2D eigenvalue weighted by molar-refractivity contribution is 5.85. The van der Waals surface area contributed by atoms with Crippen LogP contribution in [0, 0.1) is 0 Å². The maximum atomic E-state index is 10.8. The summed E-state index contributed by atoms with van der Waals surface area (Å²) in [6.07, 6.45) is 1.02. The Balaban J connectivity index is -0.000000605. The van der Waals surface area contributed by atoms with Gasteiger partial charge in [-0.05, 0) is 20.0 Å². The SMILES string of the molecule is C=CC(=O)OC(C)N(CC)CC.Cl.N. The number of halogens is 1. The number of rotatable bonds is 5. The second-order valence-electron chi connectivity index (χ2n) is 2.46. The van der Waals surface area contributed by atoms with Crippen molar-refractivity contribution in [2.75, 3.05) is 13.1 Å². The van der Waals surface area contributed by atoms with Crippen molar-refractivity contribution in [1.82, 2.24) is 11.1 Å². The van der Waals surface area contributed by atoms with Crippen LogP contribution in [-0.2, 0) is 9.53 Å². The van der Waals surface area contributed by atoms with E-state index in [9.17, 15) is 4.79 Å². The summed E-state index contributed by atoms with van der Waals surface area (Å²) in [5.74, 6) is -0.366. The maximum Gasteiger partial charge on any atom is 0.331 e. The van der Waals surface area contributed by atoms with Crippen molar-refractivity contribution in [2.45, 2.75) is 27.0 Å². The fraction of sp³-hybridized carbons (Fsp3) is 0.667. The van der Waals surface area contributed by atoms with Crippen LogP contribution in [0.1, 0.15) is 20.8 Å². The van der Waals surface area contributed by atoms with E-state index in [4.69, 9.17) is 4.74 Å². The van der Waals surface area contributed by atoms with Gasteiger partial charge in [-0.3, -0.25) is 4.90 Å². The lowest BCUT2D eigenvalue weighted by atomic mass is 10.4. The molecule has 0 aromatic heterocycles. The first-order chi connectivity index (χ1) is 5.65. The number of carbonyl (C=O) groups excluding carboxylic acids is 1. The molecule has 0 saturated carbocycles. The van der Waals surface area contributed by atoms with E-state index in [0.717, 1.165) is 13.1 Å². The van der Waals surface area contributed by atoms with Gasteiger partial charge in [0.1, 0.15) is 0 Å². The van der Waals surface area contributed by atoms with E-state index in [-0.39, 0.29) is 30.8 Å². The summed E-state index contributed by atoms with van der Waals surface area (Å²) in [6, 6.07) is 0. The minimum absolute atomic E-state index is 0. The summed E-state index contributed by atoms with van der Waals surface area (Å²) in [6.45, 7) is 11.0. The van der Waals surface area contributed by atoms with E-state index in [1.807, 2.05) is 25.7 Å². The number of carbonyl (C=O) groups is 1. The van der Waals surface area contributed by atoms with Gasteiger partial charge in [0.05, 0.1) is 0 Å². The van der Waals surface area contributed by atoms with E-state index < -0.39 is 0 Å². The summed E-state index contributed by atoms with van der Waals surface area (Å²) >= 11 is 0. The van der Waals surface area contributed by atoms with Crippen molar-refractivity contribution < 1.29 is 9.53 Å². The molecule has 0 spiro atoms. The van der Waals surface area contributed by atoms with Crippen molar-refractivity contribution in [2.24, 2.45) is 0 Å². The molecule has 0 aliphatic rings. The number of hydrogen-bond donors (Lipinski definition) is 1. The average Bonchev–Trinajstić information content (AvgIpc) is 2.06. The lowest BCUT2D eigenvalue weighted by molar-refractivity contribution is -0.150. The molecule has 4 nitrogen and oxygen atoms in total. The second-order valence-corrected chi connectivity index (χ2v) is 2.46. The highest BCUT2D eigenvalue weighted by atomic mass is 35.5. The smallest absolute Gasteiger partial charge is 0.331 e. The predicted octanol–water partition coefficient (Wildman–Crippen LogP) is 1.99. The molecule has 0 aliphatic carbocycles. The van der Waals surface area contributed by atoms with Gasteiger partial charge in [-0.15, -0.1) is 12.4 Å². The average molecular weight is 225 g/mol. The van der Waals surface area contributed by atoms with Crippen molar-refractivity contribution in [3.63, 3.8) is 0 Å². The second kappa shape index (κ2) is 10.5. The van der Waals surface area contributed by atoms with E-state index in [0.29, 0.717) is 0 Å². The molecular weight excluding hydrogens is 204 g/mol. The van der Waals surface area contributed by atoms with Crippen molar-refractivity contribution >= 4 is 18.4 Å². The molecule has 3 N–H and O–H groups in total. The normalized spacial score (nSPS) is 10.9. The highest BCUT2D eigenvalue weighted by Crippen LogP contribution is 2.00. The first-order valence-electron chi connectivity index (χ1n) is 4.22. The van der Waals surface area contributed by atoms with E-state index >= 15 is 0 Å². The summed E-state index contributed by atoms with van der Waals surface area (Å²) in [5, 5.41) is 0. The first-order valence-corrected chi connectivity index (χ1v) is 4.22. The van der Waals surface area contributed by atoms with Gasteiger partial charge in [-0.2, -0.15) is 0 Å². The van der Waals surface area contributed by atoms with Gasteiger partial charge in [0.15, 0.2) is 6.23 Å². The van der Waals surface area contributed by atoms with Crippen LogP contribution >= 0.6 is 12.4 Å². The molecule has 5 heteroatoms. The standard InChI is InChI=1S/C9H17NO2.ClH.H3N/c1-5-9(11)12-8(4)10(6-2)7-3;;/h5,8H,1,6-7H2,2-4H3;1H;1H3. The molecule has 14 heavy (non-hydrogen) atoms. The predicted molar refractivity (Wildman–Crippen MR) is 60.9 cm³/mol. The third-order valence-electron chi connectivity index (χ3n) is 1.78. The molecule has 0 fully saturated rings. The summed E-state index contributed by atoms with van der Waals surface area (Å²) in [5.41, 5.74) is 0. The Hall–Kier alpha value is -0.580. The van der Waals surface area contributed by atoms with Crippen LogP contribution in [0.5, 0.6) is 0 Å². The van der Waals surface area contributed by atoms with Gasteiger partial charge in [0.25, 0.3) is 0 Å². The number of ether oxygens (including phenoxy) is 1. The Labute approximate surface area is 92.3 Å². The number of esters is 1. The zero-order valence-electron chi connectivity index (χ0n) is 9.16. The van der Waals surface area contributed by atoms with Crippen molar-refractivity contribution in [1.29, 1.82) is 0 Å². The third-order valence-corrected chi connectivity index (χ3v) is 1.78. The topological polar surface area (TPSA) is 64.5 Å². The van der Waals surface area contributed by atoms with Gasteiger partial charge in [0.2, 0.25) is 0 Å². The molecule has 0 aliphatic heterocycles. The van der Waals surface area contributed by atoms with E-state index in [1.54, 1.807) is 0 Å². The van der Waals surface area contributed by atoms with Gasteiger partial charge in [0, 0.05) is 6.08 Å². The molecule has 0 rings (SSSR count). The Morgan fingerprint density at radius 1 is 1.50 bits per heavy atom. The zero-order chi connectivity index (χ0) is 9.56. The Morgan fingerprint density at radius 3 is 2.21 bits per heavy atom. The quantitative estimate of drug-likeness (QED) is 0.441. The number of hydrogen-bond acceptors (Lipinski definition) is 4. The molecule has 0 radical (unpaired) electrons. The Morgan fingerprint density at radius 2 is 1.93 bits per heavy atom. The van der Waals surface area contributed by atoms with Crippen molar-refractivity contribution in [3.8, 4) is 0 Å². The van der Waals surface area contributed by atoms with E-state index in [1.165, 1.54) is 6.08 Å². The molecular formula is C9H21ClN2O2. The molecule has 0 aromatic carbocycles. The lowest BCUT2D eigenvalue weighted by Gasteiger charge is -2.25. The van der Waals surface area contributed by atoms with E-state index in [2.05, 4.69) is 6.58 Å². The van der Waals surface area contributed by atoms with Crippen LogP contribution in [0.15, 0.2) is 12.7 Å². The minimum atomic E-state index is -0.366. The van der Waals surface area contributed by atoms with Crippen LogP contribution < -0.4 is 6.15 Å². The molecule has 1 unspecified atom stereocenters. The molecule has 0 aromatic rings. The van der Waals surface area contributed by atoms with Crippen LogP contribution in [-0.4, -0.2) is 30.2 Å². The zero-order valence-corrected chi connectivity index (χ0v) is 9.97. The molecule has 86 valence electrons. The maximum absolute atomic E-state index is 10.8. The minimum Gasteiger partial charge on any atom is -0.443 e. The Bertz CT molecular complexity index is 161. The Kier molecular flexibility index (Phi) is 14.3. The summed E-state index contributed by atoms with van der Waals surface area (Å²) in [4.78, 5) is 12.8. The van der Waals surface area contributed by atoms with Crippen LogP contribution in [0.2, 0.25) is 0 Å². The van der Waals surface area contributed by atoms with Gasteiger partial charge >= 0.3 is 5.97 Å². The summed E-state index contributed by atoms with van der Waals surface area (Å²) in [7, 11) is 0.